The highest BCUT2D eigenvalue weighted by Gasteiger charge is 2.43. The summed E-state index contributed by atoms with van der Waals surface area (Å²) >= 11 is 0. The fourth-order valence-electron chi connectivity index (χ4n) is 3.25. The molecule has 1 saturated carbocycles. The van der Waals surface area contributed by atoms with Gasteiger partial charge in [0.15, 0.2) is 0 Å². The van der Waals surface area contributed by atoms with E-state index in [-0.39, 0.29) is 18.1 Å². The third kappa shape index (κ3) is 2.63. The Morgan fingerprint density at radius 3 is 3.00 bits per heavy atom. The van der Waals surface area contributed by atoms with Gasteiger partial charge in [0.1, 0.15) is 0 Å². The third-order valence-corrected chi connectivity index (χ3v) is 4.32. The first-order valence-corrected chi connectivity index (χ1v) is 6.64. The molecule has 98 valence electrons. The maximum atomic E-state index is 12.3. The Kier molecular flexibility index (Phi) is 4.05. The van der Waals surface area contributed by atoms with Crippen molar-refractivity contribution >= 4 is 5.91 Å². The van der Waals surface area contributed by atoms with Crippen LogP contribution in [-0.4, -0.2) is 50.2 Å². The van der Waals surface area contributed by atoms with Gasteiger partial charge in [0.25, 0.3) is 0 Å². The highest BCUT2D eigenvalue weighted by Crippen LogP contribution is 2.38. The monoisotopic (exact) mass is 240 g/mol. The van der Waals surface area contributed by atoms with Crippen molar-refractivity contribution in [2.75, 3.05) is 27.2 Å². The van der Waals surface area contributed by atoms with Crippen LogP contribution in [0.4, 0.5) is 0 Å². The molecule has 0 aromatic rings. The molecule has 0 aromatic heterocycles. The van der Waals surface area contributed by atoms with Crippen LogP contribution in [-0.2, 0) is 9.53 Å². The lowest BCUT2D eigenvalue weighted by atomic mass is 9.93. The Bertz CT molecular complexity index is 283. The van der Waals surface area contributed by atoms with Crippen LogP contribution in [0.3, 0.4) is 0 Å². The molecule has 0 aromatic carbocycles. The van der Waals surface area contributed by atoms with Crippen LogP contribution in [0.25, 0.3) is 0 Å². The van der Waals surface area contributed by atoms with Crippen molar-refractivity contribution in [1.29, 1.82) is 0 Å². The Hall–Kier alpha value is -0.610. The van der Waals surface area contributed by atoms with E-state index in [1.54, 1.807) is 7.11 Å². The summed E-state index contributed by atoms with van der Waals surface area (Å²) in [5, 5.41) is 3.40. The minimum atomic E-state index is 0.0524. The predicted octanol–water partition coefficient (Wildman–Crippen LogP) is 0.868. The minimum Gasteiger partial charge on any atom is -0.380 e. The van der Waals surface area contributed by atoms with Crippen LogP contribution in [0.5, 0.6) is 0 Å². The van der Waals surface area contributed by atoms with Crippen LogP contribution in [0.2, 0.25) is 0 Å². The Morgan fingerprint density at radius 2 is 2.29 bits per heavy atom. The highest BCUT2D eigenvalue weighted by molar-refractivity contribution is 5.82. The average Bonchev–Trinajstić information content (AvgIpc) is 2.89. The van der Waals surface area contributed by atoms with Gasteiger partial charge < -0.3 is 15.0 Å². The zero-order valence-corrected chi connectivity index (χ0v) is 11.1. The SMILES string of the molecule is COC(C)CN(C)C(=O)C1NCC2CCCC21. The predicted molar refractivity (Wildman–Crippen MR) is 66.7 cm³/mol. The standard InChI is InChI=1S/C13H24N2O2/c1-9(17-3)8-15(2)13(16)12-11-6-4-5-10(11)7-14-12/h9-12,14H,4-8H2,1-3H3. The van der Waals surface area contributed by atoms with E-state index in [4.69, 9.17) is 4.74 Å². The quantitative estimate of drug-likeness (QED) is 0.793. The molecule has 1 amide bonds. The molecule has 1 N–H and O–H groups in total. The summed E-state index contributed by atoms with van der Waals surface area (Å²) in [5.41, 5.74) is 0. The first-order valence-electron chi connectivity index (χ1n) is 6.64. The van der Waals surface area contributed by atoms with Gasteiger partial charge in [-0.3, -0.25) is 4.79 Å². The molecule has 0 radical (unpaired) electrons. The fraction of sp³-hybridized carbons (Fsp3) is 0.923. The lowest BCUT2D eigenvalue weighted by Gasteiger charge is -2.26. The van der Waals surface area contributed by atoms with Crippen molar-refractivity contribution in [2.24, 2.45) is 11.8 Å². The summed E-state index contributed by atoms with van der Waals surface area (Å²) in [7, 11) is 3.56. The van der Waals surface area contributed by atoms with Gasteiger partial charge in [-0.1, -0.05) is 6.42 Å². The molecule has 2 rings (SSSR count). The Morgan fingerprint density at radius 1 is 1.53 bits per heavy atom. The molecule has 1 saturated heterocycles. The van der Waals surface area contributed by atoms with E-state index in [9.17, 15) is 4.79 Å². The summed E-state index contributed by atoms with van der Waals surface area (Å²) in [6.45, 7) is 3.68. The van der Waals surface area contributed by atoms with Crippen molar-refractivity contribution in [3.8, 4) is 0 Å². The number of amides is 1. The maximum Gasteiger partial charge on any atom is 0.239 e. The minimum absolute atomic E-state index is 0.0524. The van der Waals surface area contributed by atoms with E-state index in [1.165, 1.54) is 19.3 Å². The summed E-state index contributed by atoms with van der Waals surface area (Å²) in [4.78, 5) is 14.2. The van der Waals surface area contributed by atoms with Crippen LogP contribution in [0.15, 0.2) is 0 Å². The zero-order chi connectivity index (χ0) is 12.4. The van der Waals surface area contributed by atoms with Gasteiger partial charge in [0.05, 0.1) is 12.1 Å². The number of nitrogens with zero attached hydrogens (tertiary/aromatic N) is 1. The van der Waals surface area contributed by atoms with Gasteiger partial charge in [-0.05, 0) is 38.1 Å². The van der Waals surface area contributed by atoms with Crippen LogP contribution < -0.4 is 5.32 Å². The highest BCUT2D eigenvalue weighted by atomic mass is 16.5. The van der Waals surface area contributed by atoms with Crippen molar-refractivity contribution in [3.63, 3.8) is 0 Å². The summed E-state index contributed by atoms with van der Waals surface area (Å²) in [6.07, 6.45) is 3.89. The molecule has 4 heteroatoms. The van der Waals surface area contributed by atoms with E-state index in [2.05, 4.69) is 5.32 Å². The number of carbonyl (C=O) groups is 1. The van der Waals surface area contributed by atoms with Gasteiger partial charge >= 0.3 is 0 Å². The lowest BCUT2D eigenvalue weighted by Crippen LogP contribution is -2.46. The molecule has 4 unspecified atom stereocenters. The molecule has 2 fully saturated rings. The summed E-state index contributed by atoms with van der Waals surface area (Å²) in [6, 6.07) is 0.0524. The molecular formula is C13H24N2O2. The second-order valence-corrected chi connectivity index (χ2v) is 5.51. The molecule has 4 nitrogen and oxygen atoms in total. The number of fused-ring (bicyclic) bond motifs is 1. The first-order chi connectivity index (χ1) is 8.13. The number of hydrogen-bond acceptors (Lipinski definition) is 3. The van der Waals surface area contributed by atoms with Gasteiger partial charge in [0, 0.05) is 20.7 Å². The third-order valence-electron chi connectivity index (χ3n) is 4.32. The van der Waals surface area contributed by atoms with Crippen molar-refractivity contribution in [3.05, 3.63) is 0 Å². The van der Waals surface area contributed by atoms with E-state index >= 15 is 0 Å². The Balaban J connectivity index is 1.91. The van der Waals surface area contributed by atoms with Crippen molar-refractivity contribution in [2.45, 2.75) is 38.3 Å². The zero-order valence-electron chi connectivity index (χ0n) is 11.1. The maximum absolute atomic E-state index is 12.3. The topological polar surface area (TPSA) is 41.6 Å². The normalized spacial score (nSPS) is 33.5. The smallest absolute Gasteiger partial charge is 0.239 e. The molecule has 4 atom stereocenters. The molecule has 1 aliphatic carbocycles. The fourth-order valence-corrected chi connectivity index (χ4v) is 3.25. The second kappa shape index (κ2) is 5.36. The van der Waals surface area contributed by atoms with E-state index < -0.39 is 0 Å². The van der Waals surface area contributed by atoms with E-state index in [1.807, 2.05) is 18.9 Å². The number of methoxy groups -OCH3 is 1. The summed E-state index contributed by atoms with van der Waals surface area (Å²) in [5.74, 6) is 1.54. The molecule has 1 aliphatic heterocycles. The first kappa shape index (κ1) is 12.8. The molecule has 1 heterocycles. The van der Waals surface area contributed by atoms with Crippen LogP contribution in [0.1, 0.15) is 26.2 Å². The lowest BCUT2D eigenvalue weighted by molar-refractivity contribution is -0.134. The second-order valence-electron chi connectivity index (χ2n) is 5.51. The molecule has 17 heavy (non-hydrogen) atoms. The largest absolute Gasteiger partial charge is 0.380 e. The number of rotatable bonds is 4. The van der Waals surface area contributed by atoms with E-state index in [0.717, 1.165) is 12.5 Å². The summed E-state index contributed by atoms with van der Waals surface area (Å²) < 4.78 is 5.21. The molecular weight excluding hydrogens is 216 g/mol. The number of nitrogens with one attached hydrogen (secondary N) is 1. The van der Waals surface area contributed by atoms with Crippen molar-refractivity contribution in [1.82, 2.24) is 10.2 Å². The average molecular weight is 240 g/mol. The number of ether oxygens (including phenoxy) is 1. The Labute approximate surface area is 104 Å². The van der Waals surface area contributed by atoms with Gasteiger partial charge in [-0.25, -0.2) is 0 Å². The molecule has 0 spiro atoms. The van der Waals surface area contributed by atoms with Gasteiger partial charge in [-0.15, -0.1) is 0 Å². The van der Waals surface area contributed by atoms with Crippen LogP contribution in [0, 0.1) is 11.8 Å². The van der Waals surface area contributed by atoms with Crippen molar-refractivity contribution < 1.29 is 9.53 Å². The number of carbonyl (C=O) groups excluding carboxylic acids is 1. The van der Waals surface area contributed by atoms with Gasteiger partial charge in [-0.2, -0.15) is 0 Å². The number of hydrogen-bond donors (Lipinski definition) is 1. The number of likely N-dealkylation sites (N-methyl/N-ethyl adjacent to an activating group) is 1. The van der Waals surface area contributed by atoms with Crippen LogP contribution >= 0.6 is 0 Å². The molecule has 2 aliphatic rings. The van der Waals surface area contributed by atoms with Gasteiger partial charge in [0.2, 0.25) is 5.91 Å². The van der Waals surface area contributed by atoms with E-state index in [0.29, 0.717) is 12.5 Å². The molecule has 0 bridgehead atoms.